The van der Waals surface area contributed by atoms with Crippen molar-refractivity contribution in [2.45, 2.75) is 37.8 Å². The Bertz CT molecular complexity index is 1180. The minimum Gasteiger partial charge on any atom is -0.548 e. The fourth-order valence-corrected chi connectivity index (χ4v) is 4.47. The number of fused-ring (bicyclic) bond motifs is 3. The molecule has 4 rings (SSSR count). The second kappa shape index (κ2) is 12.6. The van der Waals surface area contributed by atoms with Gasteiger partial charge in [-0.1, -0.05) is 78.9 Å². The Morgan fingerprint density at radius 3 is 2.05 bits per heavy atom. The monoisotopic (exact) mass is 501 g/mol. The van der Waals surface area contributed by atoms with E-state index in [9.17, 15) is 19.5 Å². The highest BCUT2D eigenvalue weighted by atomic mass is 16.6. The number of hydrogen-bond donors (Lipinski definition) is 2. The maximum atomic E-state index is 12.3. The number of alkyl carbamates (subject to hydrolysis) is 2. The van der Waals surface area contributed by atoms with Gasteiger partial charge in [-0.05, 0) is 47.1 Å². The first-order valence-electron chi connectivity index (χ1n) is 12.3. The first-order chi connectivity index (χ1) is 18.0. The van der Waals surface area contributed by atoms with Crippen molar-refractivity contribution in [1.82, 2.24) is 10.6 Å². The topological polar surface area (TPSA) is 117 Å². The van der Waals surface area contributed by atoms with Crippen LogP contribution >= 0.6 is 0 Å². The molecular formula is C29H29N2O6-. The van der Waals surface area contributed by atoms with Gasteiger partial charge in [0.25, 0.3) is 0 Å². The lowest BCUT2D eigenvalue weighted by atomic mass is 9.98. The van der Waals surface area contributed by atoms with E-state index in [4.69, 9.17) is 9.47 Å². The molecule has 0 fully saturated rings. The highest BCUT2D eigenvalue weighted by Crippen LogP contribution is 2.44. The van der Waals surface area contributed by atoms with Crippen LogP contribution in [0.2, 0.25) is 0 Å². The molecule has 1 aliphatic carbocycles. The number of carboxylic acid groups (broad SMARTS) is 1. The first-order valence-corrected chi connectivity index (χ1v) is 12.3. The number of unbranched alkanes of at least 4 members (excludes halogenated alkanes) is 1. The van der Waals surface area contributed by atoms with E-state index >= 15 is 0 Å². The Labute approximate surface area is 215 Å². The molecule has 192 valence electrons. The third-order valence-corrected chi connectivity index (χ3v) is 6.32. The average molecular weight is 502 g/mol. The largest absolute Gasteiger partial charge is 0.548 e. The Morgan fingerprint density at radius 2 is 1.41 bits per heavy atom. The molecule has 0 saturated heterocycles. The molecular weight excluding hydrogens is 472 g/mol. The van der Waals surface area contributed by atoms with E-state index < -0.39 is 24.2 Å². The van der Waals surface area contributed by atoms with Crippen molar-refractivity contribution in [3.8, 4) is 11.1 Å². The third-order valence-electron chi connectivity index (χ3n) is 6.32. The van der Waals surface area contributed by atoms with Gasteiger partial charge in [0.05, 0.1) is 12.0 Å². The van der Waals surface area contributed by atoms with Crippen molar-refractivity contribution in [1.29, 1.82) is 0 Å². The molecule has 1 aliphatic rings. The van der Waals surface area contributed by atoms with Gasteiger partial charge in [0.2, 0.25) is 0 Å². The summed E-state index contributed by atoms with van der Waals surface area (Å²) in [6, 6.07) is 24.1. The number of ether oxygens (including phenoxy) is 2. The van der Waals surface area contributed by atoms with Crippen LogP contribution < -0.4 is 15.7 Å². The summed E-state index contributed by atoms with van der Waals surface area (Å²) in [5.41, 5.74) is 5.39. The van der Waals surface area contributed by atoms with Crippen molar-refractivity contribution in [3.05, 3.63) is 95.6 Å². The van der Waals surface area contributed by atoms with E-state index in [-0.39, 0.29) is 25.6 Å². The van der Waals surface area contributed by atoms with Crippen LogP contribution in [0.1, 0.15) is 41.9 Å². The van der Waals surface area contributed by atoms with Gasteiger partial charge in [0, 0.05) is 12.5 Å². The average Bonchev–Trinajstić information content (AvgIpc) is 3.24. The number of benzene rings is 3. The Morgan fingerprint density at radius 1 is 0.784 bits per heavy atom. The Balaban J connectivity index is 1.15. The molecule has 3 aromatic rings. The molecule has 0 saturated carbocycles. The van der Waals surface area contributed by atoms with Gasteiger partial charge < -0.3 is 30.0 Å². The minimum absolute atomic E-state index is 0.0188. The van der Waals surface area contributed by atoms with E-state index in [2.05, 4.69) is 34.9 Å². The van der Waals surface area contributed by atoms with E-state index in [0.29, 0.717) is 19.4 Å². The smallest absolute Gasteiger partial charge is 0.407 e. The summed E-state index contributed by atoms with van der Waals surface area (Å²) >= 11 is 0. The standard InChI is InChI=1S/C29H30N2O6/c32-27(33)26(31-29(35)36-18-20-10-2-1-3-11-20)16-8-9-17-30-28(34)37-19-25-23-14-6-4-12-21(23)22-13-5-7-15-24(22)25/h1-7,10-15,25-26H,8-9,16-19H2,(H,30,34)(H,31,35)(H,32,33)/p-1/t26-/m0/s1. The van der Waals surface area contributed by atoms with Crippen molar-refractivity contribution in [2.75, 3.05) is 13.2 Å². The lowest BCUT2D eigenvalue weighted by Gasteiger charge is -2.19. The molecule has 0 aliphatic heterocycles. The van der Waals surface area contributed by atoms with Crippen LogP contribution in [0.15, 0.2) is 78.9 Å². The van der Waals surface area contributed by atoms with Crippen LogP contribution in [0.25, 0.3) is 11.1 Å². The van der Waals surface area contributed by atoms with Crippen LogP contribution in [0.4, 0.5) is 9.59 Å². The summed E-state index contributed by atoms with van der Waals surface area (Å²) in [6.07, 6.45) is -0.249. The number of hydrogen-bond acceptors (Lipinski definition) is 6. The van der Waals surface area contributed by atoms with Gasteiger partial charge in [-0.25, -0.2) is 9.59 Å². The van der Waals surface area contributed by atoms with E-state index in [1.54, 1.807) is 12.1 Å². The lowest BCUT2D eigenvalue weighted by molar-refractivity contribution is -0.308. The van der Waals surface area contributed by atoms with Crippen molar-refractivity contribution < 1.29 is 29.0 Å². The van der Waals surface area contributed by atoms with Crippen LogP contribution in [0.3, 0.4) is 0 Å². The van der Waals surface area contributed by atoms with Crippen LogP contribution in [0.5, 0.6) is 0 Å². The van der Waals surface area contributed by atoms with Crippen molar-refractivity contribution >= 4 is 18.2 Å². The lowest BCUT2D eigenvalue weighted by Crippen LogP contribution is -2.48. The van der Waals surface area contributed by atoms with E-state index in [0.717, 1.165) is 27.8 Å². The molecule has 3 aromatic carbocycles. The zero-order valence-corrected chi connectivity index (χ0v) is 20.4. The highest BCUT2D eigenvalue weighted by molar-refractivity contribution is 5.79. The zero-order chi connectivity index (χ0) is 26.0. The number of amides is 2. The summed E-state index contributed by atoms with van der Waals surface area (Å²) in [6.45, 7) is 0.576. The minimum atomic E-state index is -1.39. The maximum absolute atomic E-state index is 12.3. The Hall–Kier alpha value is -4.33. The summed E-state index contributed by atoms with van der Waals surface area (Å²) in [7, 11) is 0. The zero-order valence-electron chi connectivity index (χ0n) is 20.4. The molecule has 2 N–H and O–H groups in total. The molecule has 8 nitrogen and oxygen atoms in total. The van der Waals surface area contributed by atoms with Gasteiger partial charge in [-0.3, -0.25) is 0 Å². The second-order valence-electron chi connectivity index (χ2n) is 8.83. The fourth-order valence-electron chi connectivity index (χ4n) is 4.47. The molecule has 0 bridgehead atoms. The number of carbonyl (C=O) groups is 3. The molecule has 37 heavy (non-hydrogen) atoms. The molecule has 2 amide bonds. The molecule has 0 heterocycles. The second-order valence-corrected chi connectivity index (χ2v) is 8.83. The summed E-state index contributed by atoms with van der Waals surface area (Å²) in [5, 5.41) is 16.4. The predicted octanol–water partition coefficient (Wildman–Crippen LogP) is 3.74. The highest BCUT2D eigenvalue weighted by Gasteiger charge is 2.28. The maximum Gasteiger partial charge on any atom is 0.407 e. The number of aliphatic carboxylic acids is 1. The van der Waals surface area contributed by atoms with Gasteiger partial charge in [-0.2, -0.15) is 0 Å². The van der Waals surface area contributed by atoms with Crippen LogP contribution in [-0.4, -0.2) is 37.3 Å². The molecule has 0 aromatic heterocycles. The number of nitrogens with one attached hydrogen (secondary N) is 2. The molecule has 0 radical (unpaired) electrons. The fraction of sp³-hybridized carbons (Fsp3) is 0.276. The molecule has 1 atom stereocenters. The quantitative estimate of drug-likeness (QED) is 0.387. The molecule has 0 spiro atoms. The van der Waals surface area contributed by atoms with Gasteiger partial charge in [0.15, 0.2) is 0 Å². The third kappa shape index (κ3) is 6.88. The summed E-state index contributed by atoms with van der Waals surface area (Å²) in [5.74, 6) is -1.41. The van der Waals surface area contributed by atoms with Gasteiger partial charge in [-0.15, -0.1) is 0 Å². The summed E-state index contributed by atoms with van der Waals surface area (Å²) in [4.78, 5) is 35.6. The first kappa shape index (κ1) is 25.8. The van der Waals surface area contributed by atoms with E-state index in [1.165, 1.54) is 0 Å². The van der Waals surface area contributed by atoms with Gasteiger partial charge in [0.1, 0.15) is 13.2 Å². The number of carboxylic acids is 1. The van der Waals surface area contributed by atoms with Gasteiger partial charge >= 0.3 is 12.2 Å². The van der Waals surface area contributed by atoms with E-state index in [1.807, 2.05) is 42.5 Å². The van der Waals surface area contributed by atoms with Crippen molar-refractivity contribution in [3.63, 3.8) is 0 Å². The van der Waals surface area contributed by atoms with Crippen LogP contribution in [-0.2, 0) is 20.9 Å². The Kier molecular flexibility index (Phi) is 8.75. The van der Waals surface area contributed by atoms with Crippen molar-refractivity contribution in [2.24, 2.45) is 0 Å². The number of carbonyl (C=O) groups excluding carboxylic acids is 3. The predicted molar refractivity (Wildman–Crippen MR) is 135 cm³/mol. The van der Waals surface area contributed by atoms with Crippen LogP contribution in [0, 0.1) is 0 Å². The summed E-state index contributed by atoms with van der Waals surface area (Å²) < 4.78 is 10.6. The normalized spacial score (nSPS) is 12.6. The number of rotatable bonds is 11. The molecule has 0 unspecified atom stereocenters. The molecule has 8 heteroatoms. The SMILES string of the molecule is O=C(NCCCC[C@H](NC(=O)OCc1ccccc1)C(=O)[O-])OCC1c2ccccc2-c2ccccc21.